The molecule has 8 heteroatoms. The van der Waals surface area contributed by atoms with Crippen molar-refractivity contribution in [1.29, 1.82) is 0 Å². The summed E-state index contributed by atoms with van der Waals surface area (Å²) < 4.78 is 13.0. The van der Waals surface area contributed by atoms with Gasteiger partial charge >= 0.3 is 0 Å². The quantitative estimate of drug-likeness (QED) is 0.552. The number of aromatic nitrogens is 2. The Morgan fingerprint density at radius 2 is 2.10 bits per heavy atom. The number of amides is 1. The van der Waals surface area contributed by atoms with Gasteiger partial charge in [0.1, 0.15) is 18.2 Å². The summed E-state index contributed by atoms with van der Waals surface area (Å²) in [6.07, 6.45) is 3.80. The molecule has 0 saturated carbocycles. The Kier molecular flexibility index (Phi) is 6.57. The largest absolute Gasteiger partial charge is 0.491 e. The fraction of sp³-hybridized carbons (Fsp3) is 0.273. The van der Waals surface area contributed by atoms with Crippen LogP contribution >= 0.6 is 23.2 Å². The molecule has 6 nitrogen and oxygen atoms in total. The van der Waals surface area contributed by atoms with Crippen molar-refractivity contribution in [2.45, 2.75) is 25.5 Å². The molecule has 0 bridgehead atoms. The maximum atomic E-state index is 12.8. The van der Waals surface area contributed by atoms with E-state index in [1.165, 1.54) is 0 Å². The van der Waals surface area contributed by atoms with E-state index >= 15 is 0 Å². The molecule has 1 aliphatic rings. The van der Waals surface area contributed by atoms with Crippen LogP contribution in [0.15, 0.2) is 54.7 Å². The Morgan fingerprint density at radius 3 is 2.93 bits per heavy atom. The lowest BCUT2D eigenvalue weighted by Gasteiger charge is -2.13. The van der Waals surface area contributed by atoms with Crippen LogP contribution in [0.2, 0.25) is 10.0 Å². The van der Waals surface area contributed by atoms with Gasteiger partial charge in [0.2, 0.25) is 0 Å². The number of nitrogens with zero attached hydrogens (tertiary/aromatic N) is 2. The number of hydrogen-bond donors (Lipinski definition) is 1. The lowest BCUT2D eigenvalue weighted by Crippen LogP contribution is -2.18. The third-order valence-corrected chi connectivity index (χ3v) is 5.72. The van der Waals surface area contributed by atoms with Crippen LogP contribution in [-0.2, 0) is 11.3 Å². The average Bonchev–Trinajstić information content (AvgIpc) is 3.42. The monoisotopic (exact) mass is 445 g/mol. The van der Waals surface area contributed by atoms with E-state index < -0.39 is 0 Å². The SMILES string of the molecule is O=C(Nc1ccnn1Cc1cccc(Cl)c1Cl)c1cccc(OCC2CCCO2)c1. The van der Waals surface area contributed by atoms with E-state index in [1.807, 2.05) is 18.2 Å². The molecule has 1 atom stereocenters. The van der Waals surface area contributed by atoms with E-state index in [1.54, 1.807) is 41.2 Å². The first-order chi connectivity index (χ1) is 14.6. The first-order valence-electron chi connectivity index (χ1n) is 9.70. The minimum Gasteiger partial charge on any atom is -0.491 e. The van der Waals surface area contributed by atoms with Crippen molar-refractivity contribution in [2.75, 3.05) is 18.5 Å². The minimum absolute atomic E-state index is 0.121. The van der Waals surface area contributed by atoms with E-state index in [4.69, 9.17) is 32.7 Å². The van der Waals surface area contributed by atoms with E-state index in [0.29, 0.717) is 40.3 Å². The molecule has 0 radical (unpaired) electrons. The number of nitrogens with one attached hydrogen (secondary N) is 1. The fourth-order valence-corrected chi connectivity index (χ4v) is 3.66. The number of anilines is 1. The van der Waals surface area contributed by atoms with Crippen molar-refractivity contribution in [3.05, 3.63) is 75.9 Å². The number of rotatable bonds is 7. The van der Waals surface area contributed by atoms with Gasteiger partial charge in [-0.25, -0.2) is 4.68 Å². The Hall–Kier alpha value is -2.54. The van der Waals surface area contributed by atoms with Gasteiger partial charge in [-0.1, -0.05) is 41.4 Å². The number of ether oxygens (including phenoxy) is 2. The molecule has 30 heavy (non-hydrogen) atoms. The van der Waals surface area contributed by atoms with Crippen LogP contribution < -0.4 is 10.1 Å². The zero-order valence-electron chi connectivity index (χ0n) is 16.2. The lowest BCUT2D eigenvalue weighted by molar-refractivity contribution is 0.0679. The van der Waals surface area contributed by atoms with Crippen LogP contribution in [-0.4, -0.2) is 35.0 Å². The van der Waals surface area contributed by atoms with Crippen molar-refractivity contribution >= 4 is 34.9 Å². The molecule has 1 fully saturated rings. The summed E-state index contributed by atoms with van der Waals surface area (Å²) in [5.41, 5.74) is 1.31. The van der Waals surface area contributed by atoms with Crippen molar-refractivity contribution in [2.24, 2.45) is 0 Å². The normalized spacial score (nSPS) is 15.9. The molecule has 1 aliphatic heterocycles. The topological polar surface area (TPSA) is 65.4 Å². The zero-order valence-corrected chi connectivity index (χ0v) is 17.7. The van der Waals surface area contributed by atoms with Gasteiger partial charge in [-0.2, -0.15) is 5.10 Å². The highest BCUT2D eigenvalue weighted by atomic mass is 35.5. The molecule has 1 unspecified atom stereocenters. The predicted octanol–water partition coefficient (Wildman–Crippen LogP) is 5.05. The molecule has 156 valence electrons. The summed E-state index contributed by atoms with van der Waals surface area (Å²) in [6.45, 7) is 1.65. The molecule has 2 heterocycles. The predicted molar refractivity (Wildman–Crippen MR) is 117 cm³/mol. The molecule has 1 amide bonds. The molecule has 3 aromatic rings. The van der Waals surface area contributed by atoms with Crippen LogP contribution in [0.1, 0.15) is 28.8 Å². The molecule has 1 saturated heterocycles. The van der Waals surface area contributed by atoms with Gasteiger partial charge < -0.3 is 14.8 Å². The highest BCUT2D eigenvalue weighted by Gasteiger charge is 2.17. The molecule has 1 N–H and O–H groups in total. The van der Waals surface area contributed by atoms with Gasteiger partial charge in [-0.3, -0.25) is 4.79 Å². The van der Waals surface area contributed by atoms with E-state index in [0.717, 1.165) is 25.0 Å². The van der Waals surface area contributed by atoms with Crippen LogP contribution in [0, 0.1) is 0 Å². The zero-order chi connectivity index (χ0) is 20.9. The van der Waals surface area contributed by atoms with E-state index in [2.05, 4.69) is 10.4 Å². The van der Waals surface area contributed by atoms with Gasteiger partial charge in [0.25, 0.3) is 5.91 Å². The smallest absolute Gasteiger partial charge is 0.256 e. The third-order valence-electron chi connectivity index (χ3n) is 4.87. The van der Waals surface area contributed by atoms with Crippen molar-refractivity contribution in [1.82, 2.24) is 9.78 Å². The summed E-state index contributed by atoms with van der Waals surface area (Å²) in [6, 6.07) is 14.2. The summed E-state index contributed by atoms with van der Waals surface area (Å²) >= 11 is 12.4. The van der Waals surface area contributed by atoms with Gasteiger partial charge in [-0.15, -0.1) is 0 Å². The Labute approximate surface area is 184 Å². The maximum absolute atomic E-state index is 12.8. The Morgan fingerprint density at radius 1 is 1.23 bits per heavy atom. The standard InChI is InChI=1S/C22H21Cl2N3O3/c23-19-8-2-5-16(21(19)24)13-27-20(9-10-25-27)26-22(28)15-4-1-6-17(12-15)30-14-18-7-3-11-29-18/h1-2,4-6,8-10,12,18H,3,7,11,13-14H2,(H,26,28). The second-order valence-electron chi connectivity index (χ2n) is 7.02. The first kappa shape index (κ1) is 20.7. The lowest BCUT2D eigenvalue weighted by atomic mass is 10.2. The van der Waals surface area contributed by atoms with Crippen LogP contribution in [0.4, 0.5) is 5.82 Å². The highest BCUT2D eigenvalue weighted by molar-refractivity contribution is 6.42. The molecule has 4 rings (SSSR count). The summed E-state index contributed by atoms with van der Waals surface area (Å²) in [5, 5.41) is 8.13. The number of benzene rings is 2. The van der Waals surface area contributed by atoms with Gasteiger partial charge in [0.05, 0.1) is 28.9 Å². The maximum Gasteiger partial charge on any atom is 0.256 e. The summed E-state index contributed by atoms with van der Waals surface area (Å²) in [5.74, 6) is 0.940. The van der Waals surface area contributed by atoms with Gasteiger partial charge in [0, 0.05) is 18.2 Å². The van der Waals surface area contributed by atoms with E-state index in [-0.39, 0.29) is 12.0 Å². The van der Waals surface area contributed by atoms with Gasteiger partial charge in [-0.05, 0) is 42.7 Å². The number of carbonyl (C=O) groups excluding carboxylic acids is 1. The average molecular weight is 446 g/mol. The fourth-order valence-electron chi connectivity index (χ4n) is 3.28. The van der Waals surface area contributed by atoms with Crippen LogP contribution in [0.3, 0.4) is 0 Å². The minimum atomic E-state index is -0.253. The second-order valence-corrected chi connectivity index (χ2v) is 7.80. The first-order valence-corrected chi connectivity index (χ1v) is 10.5. The van der Waals surface area contributed by atoms with Crippen LogP contribution in [0.5, 0.6) is 5.75 Å². The van der Waals surface area contributed by atoms with Crippen molar-refractivity contribution < 1.29 is 14.3 Å². The van der Waals surface area contributed by atoms with Crippen LogP contribution in [0.25, 0.3) is 0 Å². The highest BCUT2D eigenvalue weighted by Crippen LogP contribution is 2.27. The van der Waals surface area contributed by atoms with E-state index in [9.17, 15) is 4.79 Å². The second kappa shape index (κ2) is 9.51. The summed E-state index contributed by atoms with van der Waals surface area (Å²) in [7, 11) is 0. The molecule has 0 spiro atoms. The summed E-state index contributed by atoms with van der Waals surface area (Å²) in [4.78, 5) is 12.8. The molecule has 0 aliphatic carbocycles. The Balaban J connectivity index is 1.42. The number of hydrogen-bond acceptors (Lipinski definition) is 4. The molecule has 2 aromatic carbocycles. The molecular formula is C22H21Cl2N3O3. The van der Waals surface area contributed by atoms with Gasteiger partial charge in [0.15, 0.2) is 0 Å². The number of halogens is 2. The molecular weight excluding hydrogens is 425 g/mol. The molecule has 1 aromatic heterocycles. The number of carbonyl (C=O) groups is 1. The van der Waals surface area contributed by atoms with Crippen molar-refractivity contribution in [3.63, 3.8) is 0 Å². The third kappa shape index (κ3) is 4.95. The van der Waals surface area contributed by atoms with Crippen molar-refractivity contribution in [3.8, 4) is 5.75 Å². The Bertz CT molecular complexity index is 1030.